The van der Waals surface area contributed by atoms with E-state index in [-0.39, 0.29) is 11.4 Å². The predicted octanol–water partition coefficient (Wildman–Crippen LogP) is -0.683. The molecule has 10 heavy (non-hydrogen) atoms. The summed E-state index contributed by atoms with van der Waals surface area (Å²) in [6.07, 6.45) is 0. The van der Waals surface area contributed by atoms with Crippen molar-refractivity contribution in [2.75, 3.05) is 0 Å². The van der Waals surface area contributed by atoms with Crippen molar-refractivity contribution >= 4 is 11.8 Å². The highest BCUT2D eigenvalue weighted by Gasteiger charge is 1.96. The predicted molar refractivity (Wildman–Crippen MR) is 38.3 cm³/mol. The largest absolute Gasteiger partial charge is 0.382 e. The molecule has 0 aromatic carbocycles. The molecule has 0 saturated carbocycles. The number of nitrogens with one attached hydrogen (secondary N) is 1. The fourth-order valence-electron chi connectivity index (χ4n) is 0.255. The van der Waals surface area contributed by atoms with Gasteiger partial charge in [-0.15, -0.1) is 0 Å². The van der Waals surface area contributed by atoms with Crippen molar-refractivity contribution in [2.24, 2.45) is 16.5 Å². The van der Waals surface area contributed by atoms with Crippen LogP contribution in [-0.2, 0) is 0 Å². The molecule has 0 aliphatic heterocycles. The maximum atomic E-state index is 8.20. The van der Waals surface area contributed by atoms with Gasteiger partial charge in [-0.25, -0.2) is 0 Å². The van der Waals surface area contributed by atoms with Crippen LogP contribution < -0.4 is 11.5 Å². The number of rotatable bonds is 1. The van der Waals surface area contributed by atoms with Gasteiger partial charge in [0, 0.05) is 0 Å². The Labute approximate surface area is 58.2 Å². The van der Waals surface area contributed by atoms with E-state index in [1.807, 2.05) is 0 Å². The Balaban J connectivity index is 4.38. The average molecular weight is 137 g/mol. The highest BCUT2D eigenvalue weighted by Crippen LogP contribution is 1.85. The first-order valence-corrected chi connectivity index (χ1v) is 2.35. The van der Waals surface area contributed by atoms with Crippen LogP contribution in [0.1, 0.15) is 0 Å². The molecule has 5 nitrogen and oxygen atoms in total. The molecular formula is C5H7N5. The van der Waals surface area contributed by atoms with Crippen molar-refractivity contribution in [2.45, 2.75) is 0 Å². The third-order valence-corrected chi connectivity index (χ3v) is 0.685. The molecule has 0 aliphatic carbocycles. The van der Waals surface area contributed by atoms with Crippen LogP contribution in [0.3, 0.4) is 0 Å². The fraction of sp³-hybridized carbons (Fsp3) is 0. The Morgan fingerprint density at radius 2 is 2.10 bits per heavy atom. The van der Waals surface area contributed by atoms with Crippen molar-refractivity contribution in [3.8, 4) is 6.07 Å². The van der Waals surface area contributed by atoms with Gasteiger partial charge in [0.05, 0.1) is 5.57 Å². The number of hydrogen-bond acceptors (Lipinski definition) is 2. The Morgan fingerprint density at radius 3 is 2.40 bits per heavy atom. The Bertz CT molecular complexity index is 231. The number of nitrogens with two attached hydrogens (primary N) is 2. The standard InChI is InChI=1S/C5H7N5/c1-3(2-6)4(7)10-5(8)9/h1H2,(H5,7,8,9,10). The van der Waals surface area contributed by atoms with Crippen LogP contribution in [0.25, 0.3) is 0 Å². The second-order valence-electron chi connectivity index (χ2n) is 1.47. The van der Waals surface area contributed by atoms with Crippen LogP contribution in [0, 0.1) is 16.7 Å². The third-order valence-electron chi connectivity index (χ3n) is 0.685. The molecule has 0 aromatic rings. The molecule has 5 N–H and O–H groups in total. The minimum atomic E-state index is -0.436. The molecule has 0 atom stereocenters. The topological polar surface area (TPSA) is 112 Å². The van der Waals surface area contributed by atoms with Crippen LogP contribution in [0.4, 0.5) is 0 Å². The molecule has 0 fully saturated rings. The van der Waals surface area contributed by atoms with Crippen molar-refractivity contribution < 1.29 is 0 Å². The molecule has 5 heteroatoms. The highest BCUT2D eigenvalue weighted by molar-refractivity contribution is 6.05. The number of amidine groups is 1. The lowest BCUT2D eigenvalue weighted by molar-refractivity contribution is 1.36. The van der Waals surface area contributed by atoms with Crippen LogP contribution in [-0.4, -0.2) is 11.8 Å². The first kappa shape index (κ1) is 8.17. The van der Waals surface area contributed by atoms with Gasteiger partial charge in [-0.1, -0.05) is 6.58 Å². The first-order chi connectivity index (χ1) is 4.57. The summed E-state index contributed by atoms with van der Waals surface area (Å²) in [4.78, 5) is 3.28. The third kappa shape index (κ3) is 2.47. The maximum Gasteiger partial charge on any atom is 0.214 e. The Kier molecular flexibility index (Phi) is 2.65. The molecule has 0 saturated heterocycles. The van der Waals surface area contributed by atoms with E-state index in [0.717, 1.165) is 0 Å². The van der Waals surface area contributed by atoms with Crippen LogP contribution in [0.5, 0.6) is 0 Å². The molecule has 0 radical (unpaired) electrons. The van der Waals surface area contributed by atoms with E-state index < -0.39 is 5.96 Å². The lowest BCUT2D eigenvalue weighted by atomic mass is 10.3. The molecule has 0 aromatic heterocycles. The van der Waals surface area contributed by atoms with Crippen LogP contribution >= 0.6 is 0 Å². The smallest absolute Gasteiger partial charge is 0.214 e. The zero-order valence-electron chi connectivity index (χ0n) is 5.26. The quantitative estimate of drug-likeness (QED) is 0.253. The lowest BCUT2D eigenvalue weighted by Gasteiger charge is -1.92. The molecule has 0 unspecified atom stereocenters. The Hall–Kier alpha value is -1.83. The van der Waals surface area contributed by atoms with Crippen molar-refractivity contribution in [1.29, 1.82) is 10.7 Å². The van der Waals surface area contributed by atoms with E-state index in [1.165, 1.54) is 0 Å². The van der Waals surface area contributed by atoms with Gasteiger partial charge in [0.25, 0.3) is 0 Å². The second-order valence-corrected chi connectivity index (χ2v) is 1.47. The van der Waals surface area contributed by atoms with E-state index in [2.05, 4.69) is 11.6 Å². The first-order valence-electron chi connectivity index (χ1n) is 2.35. The number of hydrogen-bond donors (Lipinski definition) is 3. The fourth-order valence-corrected chi connectivity index (χ4v) is 0.255. The second kappa shape index (κ2) is 3.25. The molecule has 0 amide bonds. The van der Waals surface area contributed by atoms with Gasteiger partial charge in [-0.3, -0.25) is 5.41 Å². The highest BCUT2D eigenvalue weighted by atomic mass is 15.0. The summed E-state index contributed by atoms with van der Waals surface area (Å²) in [5, 5.41) is 14.8. The van der Waals surface area contributed by atoms with Gasteiger partial charge in [0.1, 0.15) is 11.9 Å². The van der Waals surface area contributed by atoms with Crippen molar-refractivity contribution in [3.63, 3.8) is 0 Å². The van der Waals surface area contributed by atoms with Gasteiger partial charge in [-0.2, -0.15) is 10.3 Å². The van der Waals surface area contributed by atoms with Crippen molar-refractivity contribution in [1.82, 2.24) is 0 Å². The maximum absolute atomic E-state index is 8.20. The minimum Gasteiger partial charge on any atom is -0.382 e. The zero-order valence-corrected chi connectivity index (χ0v) is 5.26. The summed E-state index contributed by atoms with van der Waals surface area (Å²) in [5.41, 5.74) is 10.00. The summed E-state index contributed by atoms with van der Waals surface area (Å²) in [5.74, 6) is -0.552. The van der Waals surface area contributed by atoms with E-state index in [9.17, 15) is 0 Å². The summed E-state index contributed by atoms with van der Waals surface area (Å²) in [6.45, 7) is 3.26. The number of guanidine groups is 1. The summed E-state index contributed by atoms with van der Waals surface area (Å²) in [6, 6.07) is 1.67. The van der Waals surface area contributed by atoms with Crippen LogP contribution in [0.15, 0.2) is 17.1 Å². The monoisotopic (exact) mass is 137 g/mol. The molecule has 0 spiro atoms. The lowest BCUT2D eigenvalue weighted by Crippen LogP contribution is -2.18. The molecule has 0 bridgehead atoms. The van der Waals surface area contributed by atoms with Crippen molar-refractivity contribution in [3.05, 3.63) is 12.2 Å². The zero-order chi connectivity index (χ0) is 8.15. The van der Waals surface area contributed by atoms with E-state index >= 15 is 0 Å². The normalized spacial score (nSPS) is 10.1. The number of nitrogens with zero attached hydrogens (tertiary/aromatic N) is 2. The minimum absolute atomic E-state index is 0.00944. The van der Waals surface area contributed by atoms with Gasteiger partial charge in [-0.05, 0) is 0 Å². The number of aliphatic imine (C=N–C) groups is 1. The van der Waals surface area contributed by atoms with Gasteiger partial charge < -0.3 is 11.5 Å². The average Bonchev–Trinajstić information content (AvgIpc) is 1.85. The van der Waals surface area contributed by atoms with E-state index in [1.54, 1.807) is 6.07 Å². The van der Waals surface area contributed by atoms with E-state index in [4.69, 9.17) is 22.1 Å². The van der Waals surface area contributed by atoms with Gasteiger partial charge in [0.2, 0.25) is 5.96 Å². The molecule has 0 aliphatic rings. The van der Waals surface area contributed by atoms with Gasteiger partial charge in [0.15, 0.2) is 0 Å². The summed E-state index contributed by atoms with van der Waals surface area (Å²) < 4.78 is 0. The number of nitriles is 1. The molecular weight excluding hydrogens is 130 g/mol. The Morgan fingerprint density at radius 1 is 1.60 bits per heavy atom. The molecule has 0 rings (SSSR count). The molecule has 0 heterocycles. The van der Waals surface area contributed by atoms with Gasteiger partial charge >= 0.3 is 0 Å². The summed E-state index contributed by atoms with van der Waals surface area (Å²) in [7, 11) is 0. The van der Waals surface area contributed by atoms with E-state index in [0.29, 0.717) is 0 Å². The van der Waals surface area contributed by atoms with Crippen LogP contribution in [0.2, 0.25) is 0 Å². The summed E-state index contributed by atoms with van der Waals surface area (Å²) >= 11 is 0. The molecule has 52 valence electrons. The SMILES string of the molecule is C=C(C#N)C(N)=NC(=N)N.